The van der Waals surface area contributed by atoms with Crippen molar-refractivity contribution in [1.82, 2.24) is 10.2 Å². The molecular formula is C27H31ClN4O2S. The van der Waals surface area contributed by atoms with Crippen molar-refractivity contribution < 1.29 is 9.53 Å². The zero-order chi connectivity index (χ0) is 23.3. The second kappa shape index (κ2) is 11.7. The lowest BCUT2D eigenvalue weighted by Gasteiger charge is -2.36. The number of nitrogens with one attached hydrogen (secondary N) is 1. The maximum Gasteiger partial charge on any atom is 0.326 e. The predicted molar refractivity (Wildman–Crippen MR) is 146 cm³/mol. The molecule has 2 aliphatic heterocycles. The van der Waals surface area contributed by atoms with Gasteiger partial charge in [0.15, 0.2) is 0 Å². The van der Waals surface area contributed by atoms with Crippen LogP contribution in [-0.4, -0.2) is 57.3 Å². The van der Waals surface area contributed by atoms with Gasteiger partial charge in [-0.1, -0.05) is 48.2 Å². The van der Waals surface area contributed by atoms with Gasteiger partial charge in [-0.15, -0.1) is 12.4 Å². The monoisotopic (exact) mass is 510 g/mol. The average molecular weight is 511 g/mol. The number of urea groups is 1. The molecule has 0 spiro atoms. The Hall–Kier alpha value is -2.87. The van der Waals surface area contributed by atoms with Crippen LogP contribution in [0.5, 0.6) is 5.75 Å². The number of amides is 2. The van der Waals surface area contributed by atoms with E-state index in [1.165, 1.54) is 0 Å². The third-order valence-corrected chi connectivity index (χ3v) is 7.49. The number of rotatable bonds is 6. The first-order chi connectivity index (χ1) is 16.7. The van der Waals surface area contributed by atoms with Crippen molar-refractivity contribution in [3.63, 3.8) is 0 Å². The highest BCUT2D eigenvalue weighted by molar-refractivity contribution is 7.99. The molecule has 0 aliphatic carbocycles. The molecule has 0 radical (unpaired) electrons. The van der Waals surface area contributed by atoms with Gasteiger partial charge in [0.2, 0.25) is 0 Å². The summed E-state index contributed by atoms with van der Waals surface area (Å²) in [4.78, 5) is 22.1. The standard InChI is InChI=1S/C27H30N4O2S.ClH/c1-33-24-12-5-2-9-21(24)30-19-17-29(18-20-30)16-8-15-28-27(32)31-22-10-3-6-13-25(22)34-26-14-7-4-11-23(26)31;/h2-7,9-14H,8,15-20H2,1H3,(H,28,32);1H. The molecule has 2 amide bonds. The molecule has 3 aromatic carbocycles. The minimum absolute atomic E-state index is 0. The molecule has 8 heteroatoms. The van der Waals surface area contributed by atoms with Crippen LogP contribution in [0, 0.1) is 0 Å². The summed E-state index contributed by atoms with van der Waals surface area (Å²) in [5.41, 5.74) is 3.05. The van der Waals surface area contributed by atoms with Crippen molar-refractivity contribution in [2.45, 2.75) is 16.2 Å². The van der Waals surface area contributed by atoms with Crippen molar-refractivity contribution in [2.24, 2.45) is 0 Å². The van der Waals surface area contributed by atoms with E-state index in [-0.39, 0.29) is 18.4 Å². The van der Waals surface area contributed by atoms with Crippen LogP contribution in [0.1, 0.15) is 6.42 Å². The molecule has 2 heterocycles. The summed E-state index contributed by atoms with van der Waals surface area (Å²) in [5.74, 6) is 0.929. The summed E-state index contributed by atoms with van der Waals surface area (Å²) < 4.78 is 5.52. The fraction of sp³-hybridized carbons (Fsp3) is 0.296. The van der Waals surface area contributed by atoms with Crippen LogP contribution < -0.4 is 19.9 Å². The summed E-state index contributed by atoms with van der Waals surface area (Å²) in [7, 11) is 1.73. The van der Waals surface area contributed by atoms with Gasteiger partial charge in [-0.2, -0.15) is 0 Å². The van der Waals surface area contributed by atoms with E-state index in [0.717, 1.165) is 71.7 Å². The Labute approximate surface area is 217 Å². The molecule has 35 heavy (non-hydrogen) atoms. The number of piperazine rings is 1. The number of para-hydroxylation sites is 4. The summed E-state index contributed by atoms with van der Waals surface area (Å²) in [6.45, 7) is 5.60. The smallest absolute Gasteiger partial charge is 0.326 e. The van der Waals surface area contributed by atoms with E-state index >= 15 is 0 Å². The molecule has 1 fully saturated rings. The molecule has 6 nitrogen and oxygen atoms in total. The number of carbonyl (C=O) groups is 1. The van der Waals surface area contributed by atoms with Gasteiger partial charge >= 0.3 is 6.03 Å². The lowest BCUT2D eigenvalue weighted by molar-refractivity contribution is 0.241. The number of carbonyl (C=O) groups excluding carboxylic acids is 1. The number of hydrogen-bond acceptors (Lipinski definition) is 5. The van der Waals surface area contributed by atoms with Crippen molar-refractivity contribution in [1.29, 1.82) is 0 Å². The molecule has 5 rings (SSSR count). The molecule has 0 saturated carbocycles. The SMILES string of the molecule is COc1ccccc1N1CCN(CCCNC(=O)N2c3ccccc3Sc3ccccc32)CC1.Cl. The molecule has 184 valence electrons. The van der Waals surface area contributed by atoms with E-state index < -0.39 is 0 Å². The fourth-order valence-electron chi connectivity index (χ4n) is 4.60. The number of anilines is 3. The Morgan fingerprint density at radius 3 is 2.06 bits per heavy atom. The molecule has 0 bridgehead atoms. The lowest BCUT2D eigenvalue weighted by Crippen LogP contribution is -2.47. The Balaban J connectivity index is 0.00000289. The highest BCUT2D eigenvalue weighted by Crippen LogP contribution is 2.47. The second-order valence-corrected chi connectivity index (χ2v) is 9.54. The topological polar surface area (TPSA) is 48.1 Å². The summed E-state index contributed by atoms with van der Waals surface area (Å²) in [6, 6.07) is 24.3. The van der Waals surface area contributed by atoms with Crippen molar-refractivity contribution in [3.8, 4) is 5.75 Å². The maximum absolute atomic E-state index is 13.2. The number of halogens is 1. The lowest BCUT2D eigenvalue weighted by atomic mass is 10.2. The van der Waals surface area contributed by atoms with Crippen LogP contribution in [0.4, 0.5) is 21.9 Å². The maximum atomic E-state index is 13.2. The summed E-state index contributed by atoms with van der Waals surface area (Å²) in [5, 5.41) is 3.15. The van der Waals surface area contributed by atoms with Crippen LogP contribution >= 0.6 is 24.2 Å². The van der Waals surface area contributed by atoms with Gasteiger partial charge in [-0.25, -0.2) is 4.79 Å². The van der Waals surface area contributed by atoms with Crippen LogP contribution in [0.25, 0.3) is 0 Å². The molecule has 3 aromatic rings. The second-order valence-electron chi connectivity index (χ2n) is 8.46. The van der Waals surface area contributed by atoms with E-state index in [4.69, 9.17) is 4.74 Å². The largest absolute Gasteiger partial charge is 0.495 e. The van der Waals surface area contributed by atoms with E-state index in [1.54, 1.807) is 18.9 Å². The minimum atomic E-state index is -0.0683. The van der Waals surface area contributed by atoms with Crippen molar-refractivity contribution >= 4 is 47.3 Å². The quantitative estimate of drug-likeness (QED) is 0.435. The van der Waals surface area contributed by atoms with Gasteiger partial charge in [-0.05, 0) is 49.4 Å². The zero-order valence-electron chi connectivity index (χ0n) is 19.9. The predicted octanol–water partition coefficient (Wildman–Crippen LogP) is 5.64. The number of methoxy groups -OCH3 is 1. The normalized spacial score (nSPS) is 15.0. The molecule has 1 N–H and O–H groups in total. The Kier molecular flexibility index (Phi) is 8.44. The third-order valence-electron chi connectivity index (χ3n) is 6.36. The fourth-order valence-corrected chi connectivity index (χ4v) is 5.66. The third kappa shape index (κ3) is 5.53. The van der Waals surface area contributed by atoms with Crippen molar-refractivity contribution in [3.05, 3.63) is 72.8 Å². The van der Waals surface area contributed by atoms with E-state index in [2.05, 4.69) is 39.4 Å². The highest BCUT2D eigenvalue weighted by atomic mass is 35.5. The zero-order valence-corrected chi connectivity index (χ0v) is 21.5. The molecular weight excluding hydrogens is 480 g/mol. The number of ether oxygens (including phenoxy) is 1. The average Bonchev–Trinajstić information content (AvgIpc) is 2.90. The minimum Gasteiger partial charge on any atom is -0.495 e. The number of nitrogens with zero attached hydrogens (tertiary/aromatic N) is 3. The van der Waals surface area contributed by atoms with Crippen LogP contribution in [0.15, 0.2) is 82.6 Å². The van der Waals surface area contributed by atoms with E-state index in [9.17, 15) is 4.79 Å². The summed E-state index contributed by atoms with van der Waals surface area (Å²) in [6.07, 6.45) is 0.923. The molecule has 1 saturated heterocycles. The van der Waals surface area contributed by atoms with Crippen LogP contribution in [-0.2, 0) is 0 Å². The van der Waals surface area contributed by atoms with Gasteiger partial charge in [-0.3, -0.25) is 9.80 Å². The van der Waals surface area contributed by atoms with E-state index in [1.807, 2.05) is 53.4 Å². The number of benzene rings is 3. The Morgan fingerprint density at radius 2 is 1.43 bits per heavy atom. The first kappa shape index (κ1) is 25.2. The first-order valence-electron chi connectivity index (χ1n) is 11.8. The van der Waals surface area contributed by atoms with Gasteiger partial charge < -0.3 is 15.0 Å². The van der Waals surface area contributed by atoms with Crippen LogP contribution in [0.2, 0.25) is 0 Å². The summed E-state index contributed by atoms with van der Waals surface area (Å²) >= 11 is 1.71. The van der Waals surface area contributed by atoms with Gasteiger partial charge in [0.05, 0.1) is 24.2 Å². The highest BCUT2D eigenvalue weighted by Gasteiger charge is 2.27. The first-order valence-corrected chi connectivity index (χ1v) is 12.6. The van der Waals surface area contributed by atoms with Crippen LogP contribution in [0.3, 0.4) is 0 Å². The Bertz CT molecular complexity index is 1110. The molecule has 0 atom stereocenters. The molecule has 0 unspecified atom stereocenters. The molecule has 0 aromatic heterocycles. The van der Waals surface area contributed by atoms with Crippen molar-refractivity contribution in [2.75, 3.05) is 56.2 Å². The van der Waals surface area contributed by atoms with E-state index in [0.29, 0.717) is 6.54 Å². The number of hydrogen-bond donors (Lipinski definition) is 1. The van der Waals surface area contributed by atoms with Gasteiger partial charge in [0.25, 0.3) is 0 Å². The number of fused-ring (bicyclic) bond motifs is 2. The Morgan fingerprint density at radius 1 is 0.857 bits per heavy atom. The van der Waals surface area contributed by atoms with Gasteiger partial charge in [0, 0.05) is 42.5 Å². The molecule has 2 aliphatic rings. The van der Waals surface area contributed by atoms with Gasteiger partial charge in [0.1, 0.15) is 5.75 Å².